The van der Waals surface area contributed by atoms with E-state index in [0.717, 1.165) is 77.8 Å². The number of amides is 1. The number of nitrogens with zero attached hydrogens (tertiary/aromatic N) is 3. The van der Waals surface area contributed by atoms with Crippen LogP contribution >= 0.6 is 24.0 Å². The highest BCUT2D eigenvalue weighted by Gasteiger charge is 2.20. The molecule has 0 aliphatic carbocycles. The molecule has 7 nitrogen and oxygen atoms in total. The number of hydrogen-bond donors (Lipinski definition) is 2. The number of morpholine rings is 1. The van der Waals surface area contributed by atoms with E-state index in [0.29, 0.717) is 18.9 Å². The number of hydrogen-bond acceptors (Lipinski definition) is 4. The van der Waals surface area contributed by atoms with E-state index in [-0.39, 0.29) is 29.9 Å². The lowest BCUT2D eigenvalue weighted by molar-refractivity contribution is -0.132. The fourth-order valence-corrected chi connectivity index (χ4v) is 3.51. The SMILES string of the molecule is CCNC(=NCCCN1CCOCC1)NCCC(=O)N1CCCC(C)C1.I. The van der Waals surface area contributed by atoms with E-state index < -0.39 is 0 Å². The van der Waals surface area contributed by atoms with Crippen molar-refractivity contribution < 1.29 is 9.53 Å². The van der Waals surface area contributed by atoms with Crippen molar-refractivity contribution in [2.45, 2.75) is 39.5 Å². The van der Waals surface area contributed by atoms with Crippen LogP contribution in [0.25, 0.3) is 0 Å². The standard InChI is InChI=1S/C19H37N5O2.HI/c1-3-20-19(21-8-5-10-23-12-14-26-15-13-23)22-9-7-18(25)24-11-4-6-17(2)16-24;/h17H,3-16H2,1-2H3,(H2,20,21,22);1H. The zero-order valence-electron chi connectivity index (χ0n) is 17.0. The Morgan fingerprint density at radius 1 is 1.22 bits per heavy atom. The third kappa shape index (κ3) is 9.94. The van der Waals surface area contributed by atoms with Crippen molar-refractivity contribution in [1.82, 2.24) is 20.4 Å². The molecule has 0 aromatic heterocycles. The minimum absolute atomic E-state index is 0. The summed E-state index contributed by atoms with van der Waals surface area (Å²) in [6.07, 6.45) is 3.95. The van der Waals surface area contributed by atoms with E-state index in [1.54, 1.807) is 0 Å². The Morgan fingerprint density at radius 3 is 2.70 bits per heavy atom. The van der Waals surface area contributed by atoms with Gasteiger partial charge in [-0.25, -0.2) is 0 Å². The van der Waals surface area contributed by atoms with Crippen molar-refractivity contribution >= 4 is 35.8 Å². The predicted octanol–water partition coefficient (Wildman–Crippen LogP) is 1.53. The lowest BCUT2D eigenvalue weighted by Crippen LogP contribution is -2.42. The first kappa shape index (κ1) is 24.4. The molecule has 0 aromatic carbocycles. The Morgan fingerprint density at radius 2 is 2.00 bits per heavy atom. The molecule has 0 bridgehead atoms. The summed E-state index contributed by atoms with van der Waals surface area (Å²) >= 11 is 0. The number of ether oxygens (including phenoxy) is 1. The molecule has 1 amide bonds. The molecule has 2 heterocycles. The van der Waals surface area contributed by atoms with Gasteiger partial charge in [0, 0.05) is 58.8 Å². The molecule has 27 heavy (non-hydrogen) atoms. The maximum atomic E-state index is 12.3. The molecule has 0 saturated carbocycles. The van der Waals surface area contributed by atoms with Crippen molar-refractivity contribution in [1.29, 1.82) is 0 Å². The number of halogens is 1. The van der Waals surface area contributed by atoms with E-state index in [9.17, 15) is 4.79 Å². The van der Waals surface area contributed by atoms with Gasteiger partial charge in [0.2, 0.25) is 5.91 Å². The van der Waals surface area contributed by atoms with E-state index in [1.807, 2.05) is 4.90 Å². The lowest BCUT2D eigenvalue weighted by Gasteiger charge is -2.31. The molecule has 8 heteroatoms. The summed E-state index contributed by atoms with van der Waals surface area (Å²) in [6.45, 7) is 13.2. The van der Waals surface area contributed by atoms with Crippen molar-refractivity contribution in [2.24, 2.45) is 10.9 Å². The molecule has 1 atom stereocenters. The van der Waals surface area contributed by atoms with Crippen LogP contribution in [0, 0.1) is 5.92 Å². The average molecular weight is 495 g/mol. The monoisotopic (exact) mass is 495 g/mol. The van der Waals surface area contributed by atoms with Crippen LogP contribution in [-0.4, -0.2) is 87.2 Å². The van der Waals surface area contributed by atoms with Crippen molar-refractivity contribution in [3.05, 3.63) is 0 Å². The Hall–Kier alpha value is -0.610. The molecule has 0 radical (unpaired) electrons. The Kier molecular flexibility index (Phi) is 13.0. The van der Waals surface area contributed by atoms with Gasteiger partial charge >= 0.3 is 0 Å². The largest absolute Gasteiger partial charge is 0.379 e. The van der Waals surface area contributed by atoms with E-state index in [4.69, 9.17) is 4.74 Å². The highest BCUT2D eigenvalue weighted by Crippen LogP contribution is 2.15. The number of nitrogens with one attached hydrogen (secondary N) is 2. The molecule has 0 spiro atoms. The van der Waals surface area contributed by atoms with Crippen LogP contribution in [0.4, 0.5) is 0 Å². The van der Waals surface area contributed by atoms with Gasteiger partial charge in [-0.2, -0.15) is 0 Å². The number of carbonyl (C=O) groups is 1. The van der Waals surface area contributed by atoms with Gasteiger partial charge in [-0.05, 0) is 32.1 Å². The maximum absolute atomic E-state index is 12.3. The second kappa shape index (κ2) is 14.4. The van der Waals surface area contributed by atoms with Gasteiger partial charge in [0.15, 0.2) is 5.96 Å². The average Bonchev–Trinajstić information content (AvgIpc) is 2.66. The quantitative estimate of drug-likeness (QED) is 0.232. The summed E-state index contributed by atoms with van der Waals surface area (Å²) in [5.74, 6) is 1.70. The second-order valence-corrected chi connectivity index (χ2v) is 7.33. The summed E-state index contributed by atoms with van der Waals surface area (Å²) in [4.78, 5) is 21.4. The number of rotatable bonds is 8. The van der Waals surface area contributed by atoms with Crippen molar-refractivity contribution in [3.63, 3.8) is 0 Å². The topological polar surface area (TPSA) is 69.2 Å². The molecule has 158 valence electrons. The second-order valence-electron chi connectivity index (χ2n) is 7.33. The fourth-order valence-electron chi connectivity index (χ4n) is 3.51. The summed E-state index contributed by atoms with van der Waals surface area (Å²) in [5, 5.41) is 6.56. The number of guanidine groups is 1. The maximum Gasteiger partial charge on any atom is 0.224 e. The first-order valence-corrected chi connectivity index (χ1v) is 10.3. The highest BCUT2D eigenvalue weighted by molar-refractivity contribution is 14.0. The van der Waals surface area contributed by atoms with Crippen molar-refractivity contribution in [2.75, 3.05) is 65.6 Å². The molecule has 2 aliphatic rings. The smallest absolute Gasteiger partial charge is 0.224 e. The van der Waals surface area contributed by atoms with E-state index >= 15 is 0 Å². The van der Waals surface area contributed by atoms with E-state index in [2.05, 4.69) is 34.4 Å². The number of carbonyl (C=O) groups excluding carboxylic acids is 1. The first-order chi connectivity index (χ1) is 12.7. The van der Waals surface area contributed by atoms with Crippen LogP contribution in [0.15, 0.2) is 4.99 Å². The summed E-state index contributed by atoms with van der Waals surface area (Å²) in [6, 6.07) is 0. The third-order valence-electron chi connectivity index (χ3n) is 4.99. The summed E-state index contributed by atoms with van der Waals surface area (Å²) in [7, 11) is 0. The predicted molar refractivity (Wildman–Crippen MR) is 121 cm³/mol. The van der Waals surface area contributed by atoms with Gasteiger partial charge in [-0.3, -0.25) is 14.7 Å². The van der Waals surface area contributed by atoms with Gasteiger partial charge in [-0.15, -0.1) is 24.0 Å². The molecule has 0 aromatic rings. The van der Waals surface area contributed by atoms with Gasteiger partial charge in [-0.1, -0.05) is 6.92 Å². The van der Waals surface area contributed by atoms with Gasteiger partial charge in [0.05, 0.1) is 13.2 Å². The van der Waals surface area contributed by atoms with Gasteiger partial charge < -0.3 is 20.3 Å². The Labute approximate surface area is 181 Å². The first-order valence-electron chi connectivity index (χ1n) is 10.3. The highest BCUT2D eigenvalue weighted by atomic mass is 127. The van der Waals surface area contributed by atoms with Crippen LogP contribution in [-0.2, 0) is 9.53 Å². The van der Waals surface area contributed by atoms with Crippen LogP contribution < -0.4 is 10.6 Å². The van der Waals surface area contributed by atoms with Gasteiger partial charge in [0.1, 0.15) is 0 Å². The molecule has 2 saturated heterocycles. The van der Waals surface area contributed by atoms with Crippen molar-refractivity contribution in [3.8, 4) is 0 Å². The Bertz CT molecular complexity index is 444. The van der Waals surface area contributed by atoms with Crippen LogP contribution in [0.3, 0.4) is 0 Å². The molecule has 2 fully saturated rings. The van der Waals surface area contributed by atoms with Crippen LogP contribution in [0.1, 0.15) is 39.5 Å². The normalized spacial score (nSPS) is 21.5. The summed E-state index contributed by atoms with van der Waals surface area (Å²) in [5.41, 5.74) is 0. The molecule has 1 unspecified atom stereocenters. The number of likely N-dealkylation sites (tertiary alicyclic amines) is 1. The Balaban J connectivity index is 0.00000364. The third-order valence-corrected chi connectivity index (χ3v) is 4.99. The minimum Gasteiger partial charge on any atom is -0.379 e. The molecule has 2 aliphatic heterocycles. The minimum atomic E-state index is 0. The number of aliphatic imine (C=N–C) groups is 1. The molecule has 2 rings (SSSR count). The number of piperidine rings is 1. The molecular weight excluding hydrogens is 457 g/mol. The zero-order chi connectivity index (χ0) is 18.6. The van der Waals surface area contributed by atoms with Gasteiger partial charge in [0.25, 0.3) is 0 Å². The zero-order valence-corrected chi connectivity index (χ0v) is 19.4. The molecular formula is C19H38IN5O2. The fraction of sp³-hybridized carbons (Fsp3) is 0.895. The van der Waals surface area contributed by atoms with Crippen LogP contribution in [0.2, 0.25) is 0 Å². The lowest BCUT2D eigenvalue weighted by atomic mass is 10.00. The molecule has 2 N–H and O–H groups in total. The van der Waals surface area contributed by atoms with E-state index in [1.165, 1.54) is 6.42 Å². The van der Waals surface area contributed by atoms with Crippen LogP contribution in [0.5, 0.6) is 0 Å². The summed E-state index contributed by atoms with van der Waals surface area (Å²) < 4.78 is 5.37.